The lowest BCUT2D eigenvalue weighted by molar-refractivity contribution is 0.0906. The minimum Gasteiger partial charge on any atom is -0.481 e. The van der Waals surface area contributed by atoms with Crippen LogP contribution in [0.3, 0.4) is 0 Å². The highest BCUT2D eigenvalue weighted by molar-refractivity contribution is 5.33. The Balaban J connectivity index is 1.71. The number of nitrogens with one attached hydrogen (secondary N) is 1. The van der Waals surface area contributed by atoms with Gasteiger partial charge in [-0.2, -0.15) is 0 Å². The number of nitrogens with zero attached hydrogens (tertiary/aromatic N) is 1. The first-order valence-corrected chi connectivity index (χ1v) is 8.44. The van der Waals surface area contributed by atoms with Crippen LogP contribution in [0.2, 0.25) is 0 Å². The van der Waals surface area contributed by atoms with E-state index in [-0.39, 0.29) is 12.7 Å². The number of ether oxygens (including phenoxy) is 1. The van der Waals surface area contributed by atoms with Crippen LogP contribution in [0.15, 0.2) is 24.3 Å². The summed E-state index contributed by atoms with van der Waals surface area (Å²) in [7, 11) is 0. The summed E-state index contributed by atoms with van der Waals surface area (Å²) in [5, 5.41) is 13.5. The number of hydrogen-bond donors (Lipinski definition) is 2. The van der Waals surface area contributed by atoms with E-state index in [4.69, 9.17) is 11.2 Å². The molecule has 4 nitrogen and oxygen atoms in total. The van der Waals surface area contributed by atoms with Crippen molar-refractivity contribution < 1.29 is 9.84 Å². The minimum absolute atomic E-state index is 0.271. The molecule has 0 spiro atoms. The molecule has 1 aromatic carbocycles. The maximum atomic E-state index is 10.2. The van der Waals surface area contributed by atoms with Gasteiger partial charge in [0.2, 0.25) is 0 Å². The van der Waals surface area contributed by atoms with Gasteiger partial charge < -0.3 is 20.1 Å². The van der Waals surface area contributed by atoms with Gasteiger partial charge in [-0.1, -0.05) is 31.0 Å². The molecule has 1 fully saturated rings. The maximum Gasteiger partial charge on any atom is 0.148 e. The second kappa shape index (κ2) is 9.57. The van der Waals surface area contributed by atoms with Gasteiger partial charge in [0.25, 0.3) is 0 Å². The Morgan fingerprint density at radius 1 is 1.39 bits per heavy atom. The number of hydrogen-bond acceptors (Lipinski definition) is 4. The molecule has 4 heteroatoms. The van der Waals surface area contributed by atoms with E-state index in [0.717, 1.165) is 36.9 Å². The summed E-state index contributed by atoms with van der Waals surface area (Å²) in [5.74, 6) is 4.10. The highest BCUT2D eigenvalue weighted by atomic mass is 16.5. The monoisotopic (exact) mass is 316 g/mol. The number of benzene rings is 1. The summed E-state index contributed by atoms with van der Waals surface area (Å²) in [5.41, 5.74) is 1.06. The first-order chi connectivity index (χ1) is 11.2. The zero-order valence-electron chi connectivity index (χ0n) is 14.0. The summed E-state index contributed by atoms with van der Waals surface area (Å²) >= 11 is 0. The van der Waals surface area contributed by atoms with Crippen molar-refractivity contribution in [3.8, 4) is 18.1 Å². The van der Waals surface area contributed by atoms with Crippen LogP contribution < -0.4 is 10.1 Å². The lowest BCUT2D eigenvalue weighted by Crippen LogP contribution is -2.41. The molecule has 1 aliphatic heterocycles. The molecule has 0 aliphatic carbocycles. The van der Waals surface area contributed by atoms with Crippen LogP contribution in [-0.4, -0.2) is 48.9 Å². The van der Waals surface area contributed by atoms with E-state index in [0.29, 0.717) is 13.1 Å². The zero-order valence-corrected chi connectivity index (χ0v) is 14.0. The van der Waals surface area contributed by atoms with E-state index < -0.39 is 0 Å². The first-order valence-electron chi connectivity index (χ1n) is 8.44. The molecule has 23 heavy (non-hydrogen) atoms. The normalized spacial score (nSPS) is 17.6. The standard InChI is InChI=1S/C19H28N2O2/c1-3-12-23-19-7-5-4-6-17(19)13-20-14-18(22)15-21-10-8-16(2)9-11-21/h1,4-7,16,18,20,22H,8-15H2,2H3. The van der Waals surface area contributed by atoms with E-state index in [1.807, 2.05) is 24.3 Å². The molecule has 2 rings (SSSR count). The van der Waals surface area contributed by atoms with Gasteiger partial charge >= 0.3 is 0 Å². The summed E-state index contributed by atoms with van der Waals surface area (Å²) in [6.07, 6.45) is 7.36. The molecule has 1 atom stereocenters. The third-order valence-corrected chi connectivity index (χ3v) is 4.32. The zero-order chi connectivity index (χ0) is 16.5. The number of terminal acetylenes is 1. The Morgan fingerprint density at radius 3 is 2.87 bits per heavy atom. The van der Waals surface area contributed by atoms with Crippen LogP contribution in [0.25, 0.3) is 0 Å². The van der Waals surface area contributed by atoms with Crippen molar-refractivity contribution in [2.45, 2.75) is 32.4 Å². The summed E-state index contributed by atoms with van der Waals surface area (Å²) in [6.45, 7) is 6.75. The predicted octanol–water partition coefficient (Wildman–Crippen LogP) is 1.88. The fourth-order valence-corrected chi connectivity index (χ4v) is 2.89. The molecular weight excluding hydrogens is 288 g/mol. The molecular formula is C19H28N2O2. The third-order valence-electron chi connectivity index (χ3n) is 4.32. The molecule has 126 valence electrons. The molecule has 0 amide bonds. The molecule has 1 aromatic rings. The van der Waals surface area contributed by atoms with Crippen molar-refractivity contribution in [1.29, 1.82) is 0 Å². The molecule has 1 saturated heterocycles. The SMILES string of the molecule is C#CCOc1ccccc1CNCC(O)CN1CCC(C)CC1. The van der Waals surface area contributed by atoms with Crippen LogP contribution in [0.5, 0.6) is 5.75 Å². The lowest BCUT2D eigenvalue weighted by Gasteiger charge is -2.31. The summed E-state index contributed by atoms with van der Waals surface area (Å²) < 4.78 is 5.53. The molecule has 1 aliphatic rings. The number of para-hydroxylation sites is 1. The van der Waals surface area contributed by atoms with Gasteiger partial charge in [0, 0.05) is 25.2 Å². The van der Waals surface area contributed by atoms with Gasteiger partial charge in [-0.25, -0.2) is 0 Å². The van der Waals surface area contributed by atoms with Crippen molar-refractivity contribution >= 4 is 0 Å². The fourth-order valence-electron chi connectivity index (χ4n) is 2.89. The van der Waals surface area contributed by atoms with Gasteiger partial charge in [-0.15, -0.1) is 6.42 Å². The molecule has 1 unspecified atom stereocenters. The lowest BCUT2D eigenvalue weighted by atomic mass is 9.99. The molecule has 1 heterocycles. The van der Waals surface area contributed by atoms with Crippen LogP contribution in [0, 0.1) is 18.3 Å². The molecule has 0 aromatic heterocycles. The van der Waals surface area contributed by atoms with Crippen LogP contribution in [0.4, 0.5) is 0 Å². The van der Waals surface area contributed by atoms with Crippen LogP contribution >= 0.6 is 0 Å². The molecule has 0 bridgehead atoms. The van der Waals surface area contributed by atoms with Gasteiger partial charge in [0.05, 0.1) is 6.10 Å². The average Bonchev–Trinajstić information content (AvgIpc) is 2.56. The van der Waals surface area contributed by atoms with Gasteiger partial charge in [0.1, 0.15) is 12.4 Å². The van der Waals surface area contributed by atoms with E-state index in [1.165, 1.54) is 12.8 Å². The van der Waals surface area contributed by atoms with Crippen LogP contribution in [0.1, 0.15) is 25.3 Å². The Morgan fingerprint density at radius 2 is 2.13 bits per heavy atom. The van der Waals surface area contributed by atoms with Crippen LogP contribution in [-0.2, 0) is 6.54 Å². The third kappa shape index (κ3) is 6.23. The first kappa shape index (κ1) is 17.8. The molecule has 0 saturated carbocycles. The Kier molecular flexibility index (Phi) is 7.41. The number of aliphatic hydroxyl groups excluding tert-OH is 1. The fraction of sp³-hybridized carbons (Fsp3) is 0.579. The molecule has 0 radical (unpaired) electrons. The highest BCUT2D eigenvalue weighted by Crippen LogP contribution is 2.18. The largest absolute Gasteiger partial charge is 0.481 e. The Hall–Kier alpha value is -1.54. The topological polar surface area (TPSA) is 44.7 Å². The highest BCUT2D eigenvalue weighted by Gasteiger charge is 2.18. The second-order valence-electron chi connectivity index (χ2n) is 6.37. The quantitative estimate of drug-likeness (QED) is 0.719. The number of piperidine rings is 1. The number of rotatable bonds is 8. The van der Waals surface area contributed by atoms with E-state index in [2.05, 4.69) is 23.1 Å². The minimum atomic E-state index is -0.345. The van der Waals surface area contributed by atoms with E-state index >= 15 is 0 Å². The van der Waals surface area contributed by atoms with Gasteiger partial charge in [0.15, 0.2) is 0 Å². The predicted molar refractivity (Wildman–Crippen MR) is 93.3 cm³/mol. The molecule has 2 N–H and O–H groups in total. The Bertz CT molecular complexity index is 504. The van der Waals surface area contributed by atoms with E-state index in [1.54, 1.807) is 0 Å². The van der Waals surface area contributed by atoms with Crippen molar-refractivity contribution in [2.75, 3.05) is 32.8 Å². The van der Waals surface area contributed by atoms with E-state index in [9.17, 15) is 5.11 Å². The van der Waals surface area contributed by atoms with Crippen molar-refractivity contribution in [3.05, 3.63) is 29.8 Å². The number of aliphatic hydroxyl groups is 1. The summed E-state index contributed by atoms with van der Waals surface area (Å²) in [4.78, 5) is 2.36. The van der Waals surface area contributed by atoms with Crippen molar-refractivity contribution in [3.63, 3.8) is 0 Å². The Labute approximate surface area is 139 Å². The second-order valence-corrected chi connectivity index (χ2v) is 6.37. The van der Waals surface area contributed by atoms with Gasteiger partial charge in [-0.3, -0.25) is 0 Å². The average molecular weight is 316 g/mol. The van der Waals surface area contributed by atoms with Gasteiger partial charge in [-0.05, 0) is 37.9 Å². The number of likely N-dealkylation sites (tertiary alicyclic amines) is 1. The number of β-amino-alcohol motifs (C(OH)–C–C–N with tert-alkyl or cyclic N) is 1. The summed E-state index contributed by atoms with van der Waals surface area (Å²) in [6, 6.07) is 7.84. The smallest absolute Gasteiger partial charge is 0.148 e. The van der Waals surface area contributed by atoms with Crippen molar-refractivity contribution in [2.24, 2.45) is 5.92 Å². The van der Waals surface area contributed by atoms with Crippen molar-refractivity contribution in [1.82, 2.24) is 10.2 Å². The maximum absolute atomic E-state index is 10.2.